The minimum atomic E-state index is -0.303. The number of carbonyl (C=O) groups is 1. The molecule has 0 atom stereocenters. The molecule has 8 heteroatoms. The number of hydrogen-bond acceptors (Lipinski definition) is 6. The minimum absolute atomic E-state index is 0.0426. The highest BCUT2D eigenvalue weighted by atomic mass is 19.1. The van der Waals surface area contributed by atoms with Gasteiger partial charge >= 0.3 is 0 Å². The Morgan fingerprint density at radius 1 is 1.13 bits per heavy atom. The molecule has 1 N–H and O–H groups in total. The SMILES string of the molecule is CCOc1ccc(NC(=O)CN2CCC(c3nnc(-c4ccc(F)cc4)o3)CC2)cc1. The van der Waals surface area contributed by atoms with E-state index >= 15 is 0 Å². The molecular weight excluding hydrogens is 399 g/mol. The summed E-state index contributed by atoms with van der Waals surface area (Å²) in [4.78, 5) is 14.5. The van der Waals surface area contributed by atoms with E-state index in [-0.39, 0.29) is 17.6 Å². The number of amides is 1. The fraction of sp³-hybridized carbons (Fsp3) is 0.348. The molecule has 1 aromatic heterocycles. The zero-order chi connectivity index (χ0) is 21.6. The van der Waals surface area contributed by atoms with Gasteiger partial charge in [-0.1, -0.05) is 0 Å². The van der Waals surface area contributed by atoms with Crippen LogP contribution in [0.5, 0.6) is 5.75 Å². The van der Waals surface area contributed by atoms with Crippen molar-refractivity contribution in [3.63, 3.8) is 0 Å². The Kier molecular flexibility index (Phi) is 6.57. The topological polar surface area (TPSA) is 80.5 Å². The highest BCUT2D eigenvalue weighted by Gasteiger charge is 2.26. The van der Waals surface area contributed by atoms with E-state index in [2.05, 4.69) is 20.4 Å². The van der Waals surface area contributed by atoms with Gasteiger partial charge in [-0.2, -0.15) is 0 Å². The number of hydrogen-bond donors (Lipinski definition) is 1. The summed E-state index contributed by atoms with van der Waals surface area (Å²) < 4.78 is 24.3. The zero-order valence-corrected chi connectivity index (χ0v) is 17.4. The van der Waals surface area contributed by atoms with Crippen molar-refractivity contribution in [1.82, 2.24) is 15.1 Å². The lowest BCUT2D eigenvalue weighted by molar-refractivity contribution is -0.117. The molecule has 0 bridgehead atoms. The minimum Gasteiger partial charge on any atom is -0.494 e. The number of benzene rings is 2. The molecule has 1 aliphatic heterocycles. The predicted octanol–water partition coefficient (Wildman–Crippen LogP) is 4.09. The molecule has 1 fully saturated rings. The molecule has 7 nitrogen and oxygen atoms in total. The van der Waals surface area contributed by atoms with Gasteiger partial charge in [0.25, 0.3) is 0 Å². The standard InChI is InChI=1S/C23H25FN4O3/c1-2-30-20-9-7-19(8-10-20)25-21(29)15-28-13-11-17(12-14-28)23-27-26-22(31-23)16-3-5-18(24)6-4-16/h3-10,17H,2,11-15H2,1H3,(H,25,29). The van der Waals surface area contributed by atoms with E-state index < -0.39 is 0 Å². The van der Waals surface area contributed by atoms with Crippen LogP contribution in [0.25, 0.3) is 11.5 Å². The van der Waals surface area contributed by atoms with Crippen LogP contribution in [0.3, 0.4) is 0 Å². The van der Waals surface area contributed by atoms with Crippen molar-refractivity contribution >= 4 is 11.6 Å². The summed E-state index contributed by atoms with van der Waals surface area (Å²) in [6, 6.07) is 13.3. The maximum Gasteiger partial charge on any atom is 0.247 e. The van der Waals surface area contributed by atoms with E-state index in [1.54, 1.807) is 12.1 Å². The van der Waals surface area contributed by atoms with Crippen molar-refractivity contribution in [2.24, 2.45) is 0 Å². The molecule has 0 aliphatic carbocycles. The third-order valence-corrected chi connectivity index (χ3v) is 5.28. The Hall–Kier alpha value is -3.26. The van der Waals surface area contributed by atoms with Gasteiger partial charge in [-0.25, -0.2) is 4.39 Å². The van der Waals surface area contributed by atoms with Gasteiger partial charge in [0, 0.05) is 17.2 Å². The van der Waals surface area contributed by atoms with E-state index in [0.29, 0.717) is 30.5 Å². The van der Waals surface area contributed by atoms with Crippen molar-refractivity contribution in [3.05, 3.63) is 60.2 Å². The number of rotatable bonds is 7. The Morgan fingerprint density at radius 3 is 2.52 bits per heavy atom. The number of aromatic nitrogens is 2. The molecule has 0 radical (unpaired) electrons. The highest BCUT2D eigenvalue weighted by molar-refractivity contribution is 5.92. The average molecular weight is 424 g/mol. The normalized spacial score (nSPS) is 15.0. The quantitative estimate of drug-likeness (QED) is 0.615. The maximum absolute atomic E-state index is 13.1. The van der Waals surface area contributed by atoms with Gasteiger partial charge in [-0.15, -0.1) is 10.2 Å². The van der Waals surface area contributed by atoms with Crippen molar-refractivity contribution in [2.75, 3.05) is 31.6 Å². The predicted molar refractivity (Wildman–Crippen MR) is 114 cm³/mol. The third kappa shape index (κ3) is 5.46. The van der Waals surface area contributed by atoms with E-state index in [1.807, 2.05) is 31.2 Å². The van der Waals surface area contributed by atoms with Gasteiger partial charge in [0.2, 0.25) is 17.7 Å². The zero-order valence-electron chi connectivity index (χ0n) is 17.4. The lowest BCUT2D eigenvalue weighted by atomic mass is 9.97. The smallest absolute Gasteiger partial charge is 0.247 e. The van der Waals surface area contributed by atoms with Gasteiger partial charge < -0.3 is 14.5 Å². The molecule has 2 heterocycles. The van der Waals surface area contributed by atoms with Crippen LogP contribution in [0, 0.1) is 5.82 Å². The van der Waals surface area contributed by atoms with Crippen molar-refractivity contribution in [2.45, 2.75) is 25.7 Å². The Balaban J connectivity index is 1.26. The lowest BCUT2D eigenvalue weighted by Gasteiger charge is -2.29. The van der Waals surface area contributed by atoms with E-state index in [0.717, 1.165) is 37.4 Å². The number of nitrogens with zero attached hydrogens (tertiary/aromatic N) is 3. The molecule has 2 aromatic carbocycles. The van der Waals surface area contributed by atoms with E-state index in [4.69, 9.17) is 9.15 Å². The molecule has 1 amide bonds. The molecule has 3 aromatic rings. The second-order valence-corrected chi connectivity index (χ2v) is 7.51. The van der Waals surface area contributed by atoms with Gasteiger partial charge in [0.05, 0.1) is 13.2 Å². The van der Waals surface area contributed by atoms with Crippen molar-refractivity contribution in [3.8, 4) is 17.2 Å². The molecule has 0 saturated carbocycles. The highest BCUT2D eigenvalue weighted by Crippen LogP contribution is 2.29. The van der Waals surface area contributed by atoms with Gasteiger partial charge in [-0.05, 0) is 81.4 Å². The number of nitrogens with one attached hydrogen (secondary N) is 1. The molecule has 31 heavy (non-hydrogen) atoms. The summed E-state index contributed by atoms with van der Waals surface area (Å²) in [5, 5.41) is 11.2. The van der Waals surface area contributed by atoms with Crippen LogP contribution in [-0.4, -0.2) is 47.2 Å². The fourth-order valence-electron chi connectivity index (χ4n) is 3.65. The summed E-state index contributed by atoms with van der Waals surface area (Å²) in [5.74, 6) is 1.59. The summed E-state index contributed by atoms with van der Waals surface area (Å²) in [7, 11) is 0. The second-order valence-electron chi connectivity index (χ2n) is 7.51. The Morgan fingerprint density at radius 2 is 1.84 bits per heavy atom. The summed E-state index contributed by atoms with van der Waals surface area (Å²) in [6.07, 6.45) is 1.67. The lowest BCUT2D eigenvalue weighted by Crippen LogP contribution is -2.38. The molecule has 0 unspecified atom stereocenters. The first-order valence-corrected chi connectivity index (χ1v) is 10.4. The number of halogens is 1. The molecule has 162 valence electrons. The Bertz CT molecular complexity index is 996. The largest absolute Gasteiger partial charge is 0.494 e. The van der Waals surface area contributed by atoms with Crippen LogP contribution >= 0.6 is 0 Å². The Labute approximate surface area is 180 Å². The summed E-state index contributed by atoms with van der Waals surface area (Å²) >= 11 is 0. The van der Waals surface area contributed by atoms with E-state index in [1.165, 1.54) is 12.1 Å². The van der Waals surface area contributed by atoms with Crippen molar-refractivity contribution in [1.29, 1.82) is 0 Å². The maximum atomic E-state index is 13.1. The molecule has 0 spiro atoms. The van der Waals surface area contributed by atoms with Gasteiger partial charge in [0.15, 0.2) is 0 Å². The number of anilines is 1. The van der Waals surface area contributed by atoms with Crippen LogP contribution < -0.4 is 10.1 Å². The number of piperidine rings is 1. The van der Waals surface area contributed by atoms with Crippen LogP contribution in [0.1, 0.15) is 31.6 Å². The van der Waals surface area contributed by atoms with Crippen LogP contribution in [0.15, 0.2) is 52.9 Å². The molecular formula is C23H25FN4O3. The van der Waals surface area contributed by atoms with Crippen LogP contribution in [0.2, 0.25) is 0 Å². The fourth-order valence-corrected chi connectivity index (χ4v) is 3.65. The number of carbonyl (C=O) groups excluding carboxylic acids is 1. The second kappa shape index (κ2) is 9.70. The molecule has 1 saturated heterocycles. The summed E-state index contributed by atoms with van der Waals surface area (Å²) in [5.41, 5.74) is 1.45. The van der Waals surface area contributed by atoms with Crippen LogP contribution in [-0.2, 0) is 4.79 Å². The van der Waals surface area contributed by atoms with E-state index in [9.17, 15) is 9.18 Å². The third-order valence-electron chi connectivity index (χ3n) is 5.28. The number of likely N-dealkylation sites (tertiary alicyclic amines) is 1. The van der Waals surface area contributed by atoms with Crippen molar-refractivity contribution < 1.29 is 18.3 Å². The summed E-state index contributed by atoms with van der Waals surface area (Å²) in [6.45, 7) is 4.43. The monoisotopic (exact) mass is 424 g/mol. The first-order valence-electron chi connectivity index (χ1n) is 10.4. The van der Waals surface area contributed by atoms with Gasteiger partial charge in [-0.3, -0.25) is 9.69 Å². The molecule has 4 rings (SSSR count). The number of ether oxygens (including phenoxy) is 1. The van der Waals surface area contributed by atoms with Crippen LogP contribution in [0.4, 0.5) is 10.1 Å². The average Bonchev–Trinajstić information content (AvgIpc) is 3.26. The first-order chi connectivity index (χ1) is 15.1. The molecule has 1 aliphatic rings. The first kappa shape index (κ1) is 21.0. The van der Waals surface area contributed by atoms with Gasteiger partial charge in [0.1, 0.15) is 11.6 Å².